The van der Waals surface area contributed by atoms with Crippen molar-refractivity contribution in [3.8, 4) is 5.69 Å². The van der Waals surface area contributed by atoms with Gasteiger partial charge in [0.05, 0.1) is 17.1 Å². The minimum atomic E-state index is 0.0517. The summed E-state index contributed by atoms with van der Waals surface area (Å²) in [6, 6.07) is 22.4. The molecular formula is C24H24N4OS. The molecule has 1 amide bonds. The normalized spacial score (nSPS) is 11.0. The molecule has 152 valence electrons. The van der Waals surface area contributed by atoms with E-state index in [4.69, 9.17) is 0 Å². The first-order valence-corrected chi connectivity index (χ1v) is 11.0. The Hall–Kier alpha value is -3.12. The molecule has 1 heterocycles. The van der Waals surface area contributed by atoms with Crippen LogP contribution in [-0.4, -0.2) is 33.0 Å². The number of hydrogen-bond acceptors (Lipinski definition) is 4. The number of anilines is 1. The maximum absolute atomic E-state index is 13.2. The zero-order valence-electron chi connectivity index (χ0n) is 17.4. The van der Waals surface area contributed by atoms with Crippen molar-refractivity contribution in [2.45, 2.75) is 25.9 Å². The van der Waals surface area contributed by atoms with Gasteiger partial charge in [-0.3, -0.25) is 9.36 Å². The Morgan fingerprint density at radius 2 is 1.70 bits per heavy atom. The maximum Gasteiger partial charge on any atom is 0.237 e. The van der Waals surface area contributed by atoms with Gasteiger partial charge in [-0.05, 0) is 43.9 Å². The first-order chi connectivity index (χ1) is 14.6. The fourth-order valence-electron chi connectivity index (χ4n) is 3.66. The van der Waals surface area contributed by atoms with Crippen molar-refractivity contribution in [2.24, 2.45) is 0 Å². The molecule has 0 saturated carbocycles. The lowest BCUT2D eigenvalue weighted by Crippen LogP contribution is -2.32. The van der Waals surface area contributed by atoms with Crippen LogP contribution in [0, 0.1) is 13.8 Å². The van der Waals surface area contributed by atoms with Crippen LogP contribution in [0.15, 0.2) is 71.9 Å². The summed E-state index contributed by atoms with van der Waals surface area (Å²) in [7, 11) is 0. The summed E-state index contributed by atoms with van der Waals surface area (Å²) in [6.07, 6.45) is 0. The molecule has 0 spiro atoms. The van der Waals surface area contributed by atoms with E-state index in [1.54, 1.807) is 0 Å². The number of para-hydroxylation sites is 1. The monoisotopic (exact) mass is 416 g/mol. The molecule has 4 aromatic rings. The summed E-state index contributed by atoms with van der Waals surface area (Å²) in [6.45, 7) is 6.61. The molecule has 6 heteroatoms. The van der Waals surface area contributed by atoms with Gasteiger partial charge >= 0.3 is 0 Å². The maximum atomic E-state index is 13.2. The number of amides is 1. The van der Waals surface area contributed by atoms with Crippen LogP contribution in [0.2, 0.25) is 0 Å². The second kappa shape index (κ2) is 8.71. The van der Waals surface area contributed by atoms with Crippen LogP contribution < -0.4 is 4.90 Å². The Morgan fingerprint density at radius 3 is 2.50 bits per heavy atom. The van der Waals surface area contributed by atoms with E-state index >= 15 is 0 Å². The van der Waals surface area contributed by atoms with Gasteiger partial charge in [0.1, 0.15) is 5.82 Å². The summed E-state index contributed by atoms with van der Waals surface area (Å²) in [5.74, 6) is 1.15. The van der Waals surface area contributed by atoms with E-state index in [9.17, 15) is 4.79 Å². The largest absolute Gasteiger partial charge is 0.311 e. The lowest BCUT2D eigenvalue weighted by molar-refractivity contribution is -0.116. The molecule has 0 saturated heterocycles. The highest BCUT2D eigenvalue weighted by molar-refractivity contribution is 7.99. The van der Waals surface area contributed by atoms with Crippen molar-refractivity contribution in [2.75, 3.05) is 17.2 Å². The van der Waals surface area contributed by atoms with Crippen LogP contribution in [0.25, 0.3) is 16.5 Å². The Morgan fingerprint density at radius 1 is 0.967 bits per heavy atom. The van der Waals surface area contributed by atoms with Crippen LogP contribution in [0.1, 0.15) is 18.3 Å². The van der Waals surface area contributed by atoms with E-state index in [1.165, 1.54) is 11.8 Å². The molecule has 1 aromatic heterocycles. The number of carbonyl (C=O) groups is 1. The summed E-state index contributed by atoms with van der Waals surface area (Å²) in [4.78, 5) is 15.0. The topological polar surface area (TPSA) is 51.0 Å². The number of fused-ring (bicyclic) bond motifs is 1. The fraction of sp³-hybridized carbons (Fsp3) is 0.208. The highest BCUT2D eigenvalue weighted by Crippen LogP contribution is 2.29. The van der Waals surface area contributed by atoms with Crippen molar-refractivity contribution >= 4 is 34.1 Å². The number of hydrogen-bond donors (Lipinski definition) is 0. The van der Waals surface area contributed by atoms with Crippen molar-refractivity contribution in [3.05, 3.63) is 78.1 Å². The van der Waals surface area contributed by atoms with Gasteiger partial charge < -0.3 is 4.90 Å². The number of aryl methyl sites for hydroxylation is 2. The second-order valence-electron chi connectivity index (χ2n) is 7.08. The van der Waals surface area contributed by atoms with Crippen LogP contribution >= 0.6 is 11.8 Å². The number of carbonyl (C=O) groups excluding carboxylic acids is 1. The number of aromatic nitrogens is 3. The van der Waals surface area contributed by atoms with Crippen LogP contribution in [-0.2, 0) is 4.79 Å². The van der Waals surface area contributed by atoms with Gasteiger partial charge in [0.2, 0.25) is 5.91 Å². The third kappa shape index (κ3) is 3.83. The Bertz CT molecular complexity index is 1200. The Labute approximate surface area is 180 Å². The van der Waals surface area contributed by atoms with Gasteiger partial charge in [-0.15, -0.1) is 10.2 Å². The molecular weight excluding hydrogens is 392 g/mol. The van der Waals surface area contributed by atoms with Crippen molar-refractivity contribution in [1.29, 1.82) is 0 Å². The van der Waals surface area contributed by atoms with E-state index in [1.807, 2.05) is 65.8 Å². The Balaban J connectivity index is 1.59. The summed E-state index contributed by atoms with van der Waals surface area (Å²) in [5, 5.41) is 11.5. The first-order valence-electron chi connectivity index (χ1n) is 9.99. The lowest BCUT2D eigenvalue weighted by atomic mass is 10.1. The van der Waals surface area contributed by atoms with Gasteiger partial charge in [-0.1, -0.05) is 66.4 Å². The minimum absolute atomic E-state index is 0.0517. The molecule has 0 fully saturated rings. The third-order valence-electron chi connectivity index (χ3n) is 5.15. The number of benzene rings is 3. The van der Waals surface area contributed by atoms with Gasteiger partial charge in [0.25, 0.3) is 0 Å². The second-order valence-corrected chi connectivity index (χ2v) is 8.02. The molecule has 3 aromatic carbocycles. The molecule has 0 atom stereocenters. The van der Waals surface area contributed by atoms with E-state index in [0.29, 0.717) is 12.3 Å². The molecule has 0 bridgehead atoms. The zero-order valence-corrected chi connectivity index (χ0v) is 18.2. The van der Waals surface area contributed by atoms with E-state index < -0.39 is 0 Å². The average molecular weight is 417 g/mol. The van der Waals surface area contributed by atoms with E-state index in [2.05, 4.69) is 41.4 Å². The average Bonchev–Trinajstić information content (AvgIpc) is 3.13. The molecule has 0 aliphatic heterocycles. The molecule has 30 heavy (non-hydrogen) atoms. The summed E-state index contributed by atoms with van der Waals surface area (Å²) in [5.41, 5.74) is 3.12. The standard InChI is InChI=1S/C24H24N4OS/c1-4-27(22-15-9-12-19-11-6-7-13-20(19)22)23(29)16-30-24-26-25-18(3)28(24)21-14-8-5-10-17(21)2/h5-15H,4,16H2,1-3H3. The molecule has 0 radical (unpaired) electrons. The van der Waals surface area contributed by atoms with Crippen LogP contribution in [0.4, 0.5) is 5.69 Å². The predicted molar refractivity (Wildman–Crippen MR) is 124 cm³/mol. The van der Waals surface area contributed by atoms with Gasteiger partial charge in [-0.25, -0.2) is 0 Å². The molecule has 0 aliphatic rings. The zero-order chi connectivity index (χ0) is 21.1. The molecule has 0 unspecified atom stereocenters. The summed E-state index contributed by atoms with van der Waals surface area (Å²) < 4.78 is 2.02. The number of nitrogens with zero attached hydrogens (tertiary/aromatic N) is 4. The van der Waals surface area contributed by atoms with Gasteiger partial charge in [0.15, 0.2) is 5.16 Å². The predicted octanol–water partition coefficient (Wildman–Crippen LogP) is 5.18. The SMILES string of the molecule is CCN(C(=O)CSc1nnc(C)n1-c1ccccc1C)c1cccc2ccccc12. The fourth-order valence-corrected chi connectivity index (χ4v) is 4.52. The van der Waals surface area contributed by atoms with Gasteiger partial charge in [-0.2, -0.15) is 0 Å². The minimum Gasteiger partial charge on any atom is -0.311 e. The van der Waals surface area contributed by atoms with Crippen LogP contribution in [0.5, 0.6) is 0 Å². The third-order valence-corrected chi connectivity index (χ3v) is 6.06. The van der Waals surface area contributed by atoms with E-state index in [-0.39, 0.29) is 5.91 Å². The lowest BCUT2D eigenvalue weighted by Gasteiger charge is -2.22. The quantitative estimate of drug-likeness (QED) is 0.406. The summed E-state index contributed by atoms with van der Waals surface area (Å²) >= 11 is 1.42. The smallest absolute Gasteiger partial charge is 0.237 e. The molecule has 0 N–H and O–H groups in total. The number of rotatable bonds is 6. The highest BCUT2D eigenvalue weighted by atomic mass is 32.2. The van der Waals surface area contributed by atoms with E-state index in [0.717, 1.165) is 38.7 Å². The molecule has 4 rings (SSSR count). The highest BCUT2D eigenvalue weighted by Gasteiger charge is 2.19. The van der Waals surface area contributed by atoms with Gasteiger partial charge in [0, 0.05) is 11.9 Å². The van der Waals surface area contributed by atoms with Crippen LogP contribution in [0.3, 0.4) is 0 Å². The van der Waals surface area contributed by atoms with Crippen molar-refractivity contribution < 1.29 is 4.79 Å². The molecule has 5 nitrogen and oxygen atoms in total. The number of thioether (sulfide) groups is 1. The molecule has 0 aliphatic carbocycles. The first kappa shape index (κ1) is 20.2. The Kier molecular flexibility index (Phi) is 5.86. The van der Waals surface area contributed by atoms with Crippen molar-refractivity contribution in [1.82, 2.24) is 14.8 Å². The van der Waals surface area contributed by atoms with Crippen molar-refractivity contribution in [3.63, 3.8) is 0 Å².